The van der Waals surface area contributed by atoms with Crippen LogP contribution in [0.4, 0.5) is 0 Å². The Morgan fingerprint density at radius 3 is 2.39 bits per heavy atom. The lowest BCUT2D eigenvalue weighted by Gasteiger charge is -2.19. The number of hydrazone groups is 1. The van der Waals surface area contributed by atoms with Gasteiger partial charge in [0.2, 0.25) is 10.0 Å². The Morgan fingerprint density at radius 1 is 1.14 bits per heavy atom. The highest BCUT2D eigenvalue weighted by Gasteiger charge is 2.26. The lowest BCUT2D eigenvalue weighted by atomic mass is 10.0. The van der Waals surface area contributed by atoms with Gasteiger partial charge in [-0.3, -0.25) is 4.79 Å². The maximum Gasteiger partial charge on any atom is 0.258 e. The zero-order valence-electron chi connectivity index (χ0n) is 16.1. The minimum absolute atomic E-state index is 0.0271. The van der Waals surface area contributed by atoms with Crippen molar-refractivity contribution in [1.82, 2.24) is 10.1 Å². The number of nitrogens with one attached hydrogen (secondary N) is 2. The summed E-state index contributed by atoms with van der Waals surface area (Å²) in [4.78, 5) is 12.6. The molecule has 3 N–H and O–H groups in total. The summed E-state index contributed by atoms with van der Waals surface area (Å²) in [5.74, 6) is -0.464. The highest BCUT2D eigenvalue weighted by molar-refractivity contribution is 7.89. The van der Waals surface area contributed by atoms with E-state index < -0.39 is 22.0 Å². The Bertz CT molecular complexity index is 938. The molecule has 0 spiro atoms. The summed E-state index contributed by atoms with van der Waals surface area (Å²) in [6.07, 6.45) is 1.61. The average molecular weight is 404 g/mol. The monoisotopic (exact) mass is 403 g/mol. The average Bonchev–Trinajstić information content (AvgIpc) is 2.62. The molecule has 0 saturated heterocycles. The van der Waals surface area contributed by atoms with Crippen molar-refractivity contribution in [3.05, 3.63) is 59.7 Å². The molecular formula is C20H25N3O4S. The van der Waals surface area contributed by atoms with Gasteiger partial charge in [0.15, 0.2) is 0 Å². The van der Waals surface area contributed by atoms with E-state index in [-0.39, 0.29) is 16.6 Å². The van der Waals surface area contributed by atoms with Crippen LogP contribution in [-0.2, 0) is 14.8 Å². The van der Waals surface area contributed by atoms with E-state index in [0.29, 0.717) is 12.0 Å². The van der Waals surface area contributed by atoms with E-state index in [1.807, 2.05) is 20.8 Å². The third-order valence-corrected chi connectivity index (χ3v) is 5.46. The van der Waals surface area contributed by atoms with Gasteiger partial charge in [-0.15, -0.1) is 0 Å². The van der Waals surface area contributed by atoms with Crippen LogP contribution in [0, 0.1) is 12.8 Å². The van der Waals surface area contributed by atoms with Crippen LogP contribution >= 0.6 is 0 Å². The van der Waals surface area contributed by atoms with Crippen molar-refractivity contribution >= 4 is 22.1 Å². The number of phenolic OH excluding ortho intramolecular Hbond substituents is 1. The van der Waals surface area contributed by atoms with E-state index in [0.717, 1.165) is 5.56 Å². The Kier molecular flexibility index (Phi) is 7.31. The lowest BCUT2D eigenvalue weighted by molar-refractivity contribution is -0.123. The van der Waals surface area contributed by atoms with Crippen molar-refractivity contribution in [2.75, 3.05) is 0 Å². The van der Waals surface area contributed by atoms with E-state index in [9.17, 15) is 18.3 Å². The third kappa shape index (κ3) is 6.17. The molecular weight excluding hydrogens is 378 g/mol. The Balaban J connectivity index is 2.12. The van der Waals surface area contributed by atoms with Gasteiger partial charge in [-0.2, -0.15) is 9.82 Å². The molecule has 0 fully saturated rings. The summed E-state index contributed by atoms with van der Waals surface area (Å²) in [6, 6.07) is 11.9. The van der Waals surface area contributed by atoms with Gasteiger partial charge in [0.05, 0.1) is 11.1 Å². The number of hydrogen-bond acceptors (Lipinski definition) is 5. The number of hydrogen-bond donors (Lipinski definition) is 3. The molecule has 7 nitrogen and oxygen atoms in total. The molecule has 1 amide bonds. The Hall–Kier alpha value is -2.71. The van der Waals surface area contributed by atoms with Crippen LogP contribution in [0.3, 0.4) is 0 Å². The summed E-state index contributed by atoms with van der Waals surface area (Å²) >= 11 is 0. The summed E-state index contributed by atoms with van der Waals surface area (Å²) < 4.78 is 27.7. The van der Waals surface area contributed by atoms with Crippen molar-refractivity contribution in [3.8, 4) is 5.75 Å². The molecule has 8 heteroatoms. The van der Waals surface area contributed by atoms with Crippen molar-refractivity contribution in [2.45, 2.75) is 38.1 Å². The number of benzene rings is 2. The number of sulfonamides is 1. The fraction of sp³-hybridized carbons (Fsp3) is 0.300. The van der Waals surface area contributed by atoms with Crippen molar-refractivity contribution in [1.29, 1.82) is 0 Å². The second-order valence-electron chi connectivity index (χ2n) is 6.91. The molecule has 1 unspecified atom stereocenters. The van der Waals surface area contributed by atoms with E-state index in [4.69, 9.17) is 0 Å². The number of aromatic hydroxyl groups is 1. The van der Waals surface area contributed by atoms with Gasteiger partial charge in [-0.25, -0.2) is 13.8 Å². The molecule has 0 radical (unpaired) electrons. The summed E-state index contributed by atoms with van der Waals surface area (Å²) in [5.41, 5.74) is 3.71. The Morgan fingerprint density at radius 2 is 1.79 bits per heavy atom. The molecule has 0 saturated carbocycles. The number of amides is 1. The minimum atomic E-state index is -3.85. The van der Waals surface area contributed by atoms with Gasteiger partial charge in [-0.1, -0.05) is 43.7 Å². The second kappa shape index (κ2) is 9.48. The topological polar surface area (TPSA) is 108 Å². The van der Waals surface area contributed by atoms with E-state index in [1.54, 1.807) is 30.3 Å². The zero-order valence-corrected chi connectivity index (χ0v) is 16.9. The van der Waals surface area contributed by atoms with Crippen LogP contribution in [0.1, 0.15) is 31.4 Å². The lowest BCUT2D eigenvalue weighted by Crippen LogP contribution is -2.46. The quantitative estimate of drug-likeness (QED) is 0.465. The number of phenols is 1. The number of carbonyl (C=O) groups excluding carboxylic acids is 1. The molecule has 2 aromatic rings. The first-order valence-corrected chi connectivity index (χ1v) is 10.4. The van der Waals surface area contributed by atoms with Crippen molar-refractivity contribution < 1.29 is 18.3 Å². The molecule has 0 heterocycles. The van der Waals surface area contributed by atoms with E-state index in [1.165, 1.54) is 24.4 Å². The van der Waals surface area contributed by atoms with Gasteiger partial charge >= 0.3 is 0 Å². The number of nitrogens with zero attached hydrogens (tertiary/aromatic N) is 1. The van der Waals surface area contributed by atoms with Crippen LogP contribution < -0.4 is 10.1 Å². The third-order valence-electron chi connectivity index (χ3n) is 3.97. The fourth-order valence-corrected chi connectivity index (χ4v) is 3.70. The normalized spacial score (nSPS) is 13.0. The van der Waals surface area contributed by atoms with Crippen LogP contribution in [0.25, 0.3) is 0 Å². The number of carbonyl (C=O) groups is 1. The Labute approximate surface area is 165 Å². The van der Waals surface area contributed by atoms with Gasteiger partial charge in [-0.05, 0) is 43.5 Å². The van der Waals surface area contributed by atoms with E-state index in [2.05, 4.69) is 15.2 Å². The first kappa shape index (κ1) is 21.6. The molecule has 1 atom stereocenters. The fourth-order valence-electron chi connectivity index (χ4n) is 2.49. The van der Waals surface area contributed by atoms with Gasteiger partial charge < -0.3 is 5.11 Å². The maximum atomic E-state index is 12.6. The molecule has 0 bridgehead atoms. The summed E-state index contributed by atoms with van der Waals surface area (Å²) in [6.45, 7) is 5.65. The van der Waals surface area contributed by atoms with Crippen LogP contribution in [0.5, 0.6) is 5.75 Å². The standard InChI is InChI=1S/C20H25N3O4S/c1-14(2)12-18(23-28(26,27)17-10-8-15(3)9-11-17)20(25)22-21-13-16-6-4-5-7-19(16)24/h4-11,13-14,18,23-24H,12H2,1-3H3,(H,22,25)/b21-13+. The largest absolute Gasteiger partial charge is 0.507 e. The van der Waals surface area contributed by atoms with Crippen LogP contribution in [-0.4, -0.2) is 31.7 Å². The second-order valence-corrected chi connectivity index (χ2v) is 8.62. The zero-order chi connectivity index (χ0) is 20.7. The maximum absolute atomic E-state index is 12.6. The minimum Gasteiger partial charge on any atom is -0.507 e. The first-order chi connectivity index (χ1) is 13.2. The predicted octanol–water partition coefficient (Wildman–Crippen LogP) is 2.54. The molecule has 0 aliphatic rings. The SMILES string of the molecule is Cc1ccc(S(=O)(=O)NC(CC(C)C)C(=O)N/N=C/c2ccccc2O)cc1. The van der Waals surface area contributed by atoms with Crippen LogP contribution in [0.2, 0.25) is 0 Å². The summed E-state index contributed by atoms with van der Waals surface area (Å²) in [5, 5.41) is 13.5. The van der Waals surface area contributed by atoms with E-state index >= 15 is 0 Å². The first-order valence-electron chi connectivity index (χ1n) is 8.89. The highest BCUT2D eigenvalue weighted by atomic mass is 32.2. The smallest absolute Gasteiger partial charge is 0.258 e. The summed E-state index contributed by atoms with van der Waals surface area (Å²) in [7, 11) is -3.85. The van der Waals surface area contributed by atoms with Gasteiger partial charge in [0.25, 0.3) is 5.91 Å². The molecule has 2 rings (SSSR count). The van der Waals surface area contributed by atoms with Gasteiger partial charge in [0.1, 0.15) is 11.8 Å². The number of para-hydroxylation sites is 1. The molecule has 2 aromatic carbocycles. The predicted molar refractivity (Wildman–Crippen MR) is 109 cm³/mol. The molecule has 0 aliphatic heterocycles. The molecule has 150 valence electrons. The van der Waals surface area contributed by atoms with Gasteiger partial charge in [0, 0.05) is 5.56 Å². The molecule has 0 aromatic heterocycles. The van der Waals surface area contributed by atoms with Crippen molar-refractivity contribution in [2.24, 2.45) is 11.0 Å². The van der Waals surface area contributed by atoms with Crippen LogP contribution in [0.15, 0.2) is 58.5 Å². The molecule has 0 aliphatic carbocycles. The molecule has 28 heavy (non-hydrogen) atoms. The number of aryl methyl sites for hydroxylation is 1. The highest BCUT2D eigenvalue weighted by Crippen LogP contribution is 2.14. The number of rotatable bonds is 8. The van der Waals surface area contributed by atoms with Crippen molar-refractivity contribution in [3.63, 3.8) is 0 Å².